The summed E-state index contributed by atoms with van der Waals surface area (Å²) < 4.78 is 38.6. The Kier molecular flexibility index (Phi) is 23.6. The molecule has 6 rings (SSSR count). The lowest BCUT2D eigenvalue weighted by Gasteiger charge is -2.48. The third-order valence-corrected chi connectivity index (χ3v) is 22.7. The van der Waals surface area contributed by atoms with Gasteiger partial charge in [0.1, 0.15) is 53.2 Å². The minimum atomic E-state index is -2.01. The number of hydrogen-bond donors (Lipinski definition) is 5. The van der Waals surface area contributed by atoms with Crippen LogP contribution in [0, 0.1) is 17.8 Å². The first-order chi connectivity index (χ1) is 37.7. The molecule has 3 aromatic carbocycles. The van der Waals surface area contributed by atoms with E-state index in [4.69, 9.17) is 28.4 Å². The van der Waals surface area contributed by atoms with E-state index in [0.717, 1.165) is 38.3 Å². The van der Waals surface area contributed by atoms with Crippen molar-refractivity contribution in [2.45, 2.75) is 217 Å². The van der Waals surface area contributed by atoms with Gasteiger partial charge in [0.2, 0.25) is 0 Å². The first kappa shape index (κ1) is 66.0. The maximum absolute atomic E-state index is 14.8. The van der Waals surface area contributed by atoms with E-state index in [1.165, 1.54) is 28.7 Å². The zero-order valence-corrected chi connectivity index (χ0v) is 52.0. The predicted molar refractivity (Wildman–Crippen MR) is 321 cm³/mol. The Morgan fingerprint density at radius 1 is 0.738 bits per heavy atom. The van der Waals surface area contributed by atoms with Gasteiger partial charge in [0.05, 0.1) is 47.7 Å². The molecule has 3 aliphatic heterocycles. The average Bonchev–Trinajstić information content (AvgIpc) is 3.60. The monoisotopic (exact) mass is 1140 g/mol. The number of cyclic esters (lactones) is 1. The summed E-state index contributed by atoms with van der Waals surface area (Å²) in [7, 11) is 7.47. The van der Waals surface area contributed by atoms with Crippen LogP contribution in [0.4, 0.5) is 5.69 Å². The van der Waals surface area contributed by atoms with E-state index < -0.39 is 103 Å². The van der Waals surface area contributed by atoms with E-state index in [1.54, 1.807) is 34.6 Å². The number of benzene rings is 3. The highest BCUT2D eigenvalue weighted by atomic mass is 31.2. The van der Waals surface area contributed by atoms with E-state index in [2.05, 4.69) is 116 Å². The Balaban J connectivity index is 1.27. The van der Waals surface area contributed by atoms with E-state index in [1.807, 2.05) is 46.7 Å². The molecule has 3 saturated heterocycles. The lowest BCUT2D eigenvalue weighted by Crippen LogP contribution is -2.60. The van der Waals surface area contributed by atoms with Gasteiger partial charge in [0, 0.05) is 57.9 Å². The first-order valence-electron chi connectivity index (χ1n) is 29.8. The van der Waals surface area contributed by atoms with Crippen molar-refractivity contribution in [1.82, 2.24) is 9.80 Å². The van der Waals surface area contributed by atoms with E-state index in [0.29, 0.717) is 19.5 Å². The fourth-order valence-electron chi connectivity index (χ4n) is 13.3. The molecular formula is C64H103N3O12P+. The molecular weight excluding hydrogens is 1030 g/mol. The molecule has 0 aliphatic carbocycles. The maximum Gasteiger partial charge on any atom is 0.311 e. The van der Waals surface area contributed by atoms with Gasteiger partial charge < -0.3 is 63.8 Å². The number of ether oxygens (including phenoxy) is 6. The fourth-order valence-corrected chi connectivity index (χ4v) is 17.7. The maximum atomic E-state index is 14.8. The summed E-state index contributed by atoms with van der Waals surface area (Å²) in [4.78, 5) is 21.1. The summed E-state index contributed by atoms with van der Waals surface area (Å²) in [5, 5.41) is 65.0. The van der Waals surface area contributed by atoms with Crippen LogP contribution in [0.1, 0.15) is 127 Å². The minimum absolute atomic E-state index is 0.120. The van der Waals surface area contributed by atoms with Gasteiger partial charge in [-0.3, -0.25) is 9.69 Å². The van der Waals surface area contributed by atoms with Crippen LogP contribution >= 0.6 is 7.26 Å². The van der Waals surface area contributed by atoms with Gasteiger partial charge in [-0.25, -0.2) is 0 Å². The highest BCUT2D eigenvalue weighted by Gasteiger charge is 2.53. The molecule has 0 unspecified atom stereocenters. The number of esters is 1. The Morgan fingerprint density at radius 2 is 1.31 bits per heavy atom. The van der Waals surface area contributed by atoms with Crippen LogP contribution in [0.5, 0.6) is 0 Å². The molecule has 5 N–H and O–H groups in total. The van der Waals surface area contributed by atoms with Crippen LogP contribution in [-0.2, 0) is 33.2 Å². The third kappa shape index (κ3) is 15.4. The molecule has 450 valence electrons. The summed E-state index contributed by atoms with van der Waals surface area (Å²) in [5.41, 5.74) is -3.36. The number of hydrogen-bond acceptors (Lipinski definition) is 15. The Labute approximate surface area is 480 Å². The summed E-state index contributed by atoms with van der Waals surface area (Å²) in [6.45, 7) is 19.1. The third-order valence-electron chi connectivity index (χ3n) is 18.2. The molecule has 0 radical (unpaired) electrons. The number of anilines is 1. The Bertz CT molecular complexity index is 2290. The lowest BCUT2D eigenvalue weighted by molar-refractivity contribution is -0.318. The standard InChI is InChI=1S/C64H103N3O12P/c1-16-53-64(10,73)57(69)46(6)67(36-26-18-17-19-27-37-80(49-28-22-20-23-29-49,50-30-24-21-25-31-50)51-34-32-48(33-35-51)65(11)12)41-42(2)39-62(8,72)59(79-61-55(68)52(66(13)14)38-43(3)75-61)44(4)56(45(5)60(71)77-53)78-54-40-63(9,74-15)58(70)47(7)76-54/h20-25,28-35,42-47,52-59,61,68-70,72-73H,16-19,26-27,36-41H2,1-15H3/q+1/t42-,43-,44+,45-,46-,47+,52+,53-,54+,55-,56+,57-,58+,59-,61+,62-,63-,64-/m1/s1. The van der Waals surface area contributed by atoms with E-state index in [9.17, 15) is 30.3 Å². The van der Waals surface area contributed by atoms with Crippen molar-refractivity contribution in [3.63, 3.8) is 0 Å². The van der Waals surface area contributed by atoms with Gasteiger partial charge in [-0.2, -0.15) is 0 Å². The first-order valence-corrected chi connectivity index (χ1v) is 31.7. The van der Waals surface area contributed by atoms with Crippen LogP contribution in [0.15, 0.2) is 84.9 Å². The average molecular weight is 1140 g/mol. The smallest absolute Gasteiger partial charge is 0.311 e. The molecule has 15 nitrogen and oxygen atoms in total. The largest absolute Gasteiger partial charge is 0.459 e. The zero-order chi connectivity index (χ0) is 58.9. The molecule has 80 heavy (non-hydrogen) atoms. The van der Waals surface area contributed by atoms with Gasteiger partial charge in [-0.1, -0.05) is 70.0 Å². The van der Waals surface area contributed by atoms with Crippen LogP contribution in [0.25, 0.3) is 0 Å². The fraction of sp³-hybridized carbons (Fsp3) is 0.703. The zero-order valence-electron chi connectivity index (χ0n) is 51.1. The van der Waals surface area contributed by atoms with E-state index in [-0.39, 0.29) is 37.3 Å². The van der Waals surface area contributed by atoms with Crippen LogP contribution in [0.2, 0.25) is 0 Å². The molecule has 3 aliphatic rings. The van der Waals surface area contributed by atoms with Crippen molar-refractivity contribution in [1.29, 1.82) is 0 Å². The Morgan fingerprint density at radius 3 is 1.88 bits per heavy atom. The van der Waals surface area contributed by atoms with E-state index >= 15 is 0 Å². The highest BCUT2D eigenvalue weighted by molar-refractivity contribution is 7.95. The number of nitrogens with zero attached hydrogens (tertiary/aromatic N) is 3. The highest BCUT2D eigenvalue weighted by Crippen LogP contribution is 2.56. The number of likely N-dealkylation sites (N-methyl/N-ethyl adjacent to an activating group) is 1. The van der Waals surface area contributed by atoms with Crippen LogP contribution in [-0.4, -0.2) is 186 Å². The van der Waals surface area contributed by atoms with Gasteiger partial charge in [-0.05, 0) is 162 Å². The van der Waals surface area contributed by atoms with Crippen molar-refractivity contribution >= 4 is 34.8 Å². The molecule has 16 heteroatoms. The number of rotatable bonds is 19. The van der Waals surface area contributed by atoms with Crippen molar-refractivity contribution in [2.24, 2.45) is 17.8 Å². The summed E-state index contributed by atoms with van der Waals surface area (Å²) in [5.74, 6) is -2.70. The molecule has 0 amide bonds. The van der Waals surface area contributed by atoms with Gasteiger partial charge >= 0.3 is 5.97 Å². The normalized spacial score (nSPS) is 36.5. The van der Waals surface area contributed by atoms with Crippen molar-refractivity contribution in [2.75, 3.05) is 59.5 Å². The number of unbranched alkanes of at least 4 members (excludes halogenated alkanes) is 4. The summed E-state index contributed by atoms with van der Waals surface area (Å²) in [6.07, 6.45) is -2.66. The molecule has 0 saturated carbocycles. The molecule has 3 fully saturated rings. The molecule has 18 atom stereocenters. The predicted octanol–water partition coefficient (Wildman–Crippen LogP) is 7.28. The second kappa shape index (κ2) is 28.6. The van der Waals surface area contributed by atoms with Crippen molar-refractivity contribution in [3.05, 3.63) is 84.9 Å². The van der Waals surface area contributed by atoms with Gasteiger partial charge in [0.15, 0.2) is 12.6 Å². The van der Waals surface area contributed by atoms with Crippen molar-refractivity contribution in [3.8, 4) is 0 Å². The number of aliphatic hydroxyl groups excluding tert-OH is 3. The SMILES string of the molecule is CC[C@H]1OC(=O)[C@H](C)[C@@H](O[C@H]2C[C@@](C)(OC)[C@@H](O)[C@H](C)O2)[C@H](C)[C@@H](O[C@@H]2O[C@H](C)C[C@H](N(C)C)[C@H]2O)[C@](C)(O)C[C@@H](C)CN(CCCCCCC[P+](c2ccccc2)(c2ccccc2)c2ccc(N(C)C)cc2)[C@H](C)[C@@H](O)[C@]1(C)O. The molecule has 0 aromatic heterocycles. The number of carbonyl (C=O) groups is 1. The molecule has 3 heterocycles. The van der Waals surface area contributed by atoms with Crippen LogP contribution in [0.3, 0.4) is 0 Å². The number of carbonyl (C=O) groups excluding carboxylic acids is 1. The van der Waals surface area contributed by atoms with Crippen LogP contribution < -0.4 is 20.8 Å². The second-order valence-electron chi connectivity index (χ2n) is 25.1. The summed E-state index contributed by atoms with van der Waals surface area (Å²) in [6, 6.07) is 30.3. The quantitative estimate of drug-likeness (QED) is 0.0458. The summed E-state index contributed by atoms with van der Waals surface area (Å²) >= 11 is 0. The van der Waals surface area contributed by atoms with Gasteiger partial charge in [-0.15, -0.1) is 0 Å². The van der Waals surface area contributed by atoms with Crippen molar-refractivity contribution < 1.29 is 58.7 Å². The van der Waals surface area contributed by atoms with Gasteiger partial charge in [0.25, 0.3) is 0 Å². The Hall–Kier alpha value is -3.12. The second-order valence-corrected chi connectivity index (χ2v) is 28.7. The lowest BCUT2D eigenvalue weighted by atomic mass is 9.77. The molecule has 0 spiro atoms. The number of aliphatic hydroxyl groups is 5. The molecule has 0 bridgehead atoms. The molecule has 3 aromatic rings. The topological polar surface area (TPSA) is 183 Å². The number of methoxy groups -OCH3 is 1. The minimum Gasteiger partial charge on any atom is -0.459 e.